The van der Waals surface area contributed by atoms with Crippen LogP contribution in [-0.2, 0) is 11.3 Å². The highest BCUT2D eigenvalue weighted by Crippen LogP contribution is 2.47. The summed E-state index contributed by atoms with van der Waals surface area (Å²) in [7, 11) is 0. The van der Waals surface area contributed by atoms with Crippen molar-refractivity contribution in [1.82, 2.24) is 9.97 Å². The maximum atomic E-state index is 9.40. The van der Waals surface area contributed by atoms with Crippen LogP contribution in [0.15, 0.2) is 42.9 Å². The largest absolute Gasteiger partial charge is 0.506 e. The van der Waals surface area contributed by atoms with Gasteiger partial charge in [-0.1, -0.05) is 6.07 Å². The highest BCUT2D eigenvalue weighted by molar-refractivity contribution is 5.29. The normalized spacial score (nSPS) is 21.3. The minimum atomic E-state index is 0.234. The highest BCUT2D eigenvalue weighted by atomic mass is 16.5. The molecular weight excluding hydrogens is 240 g/mol. The molecule has 1 N–H and O–H groups in total. The number of ether oxygens (including phenoxy) is 1. The summed E-state index contributed by atoms with van der Waals surface area (Å²) in [5.74, 6) is 1.24. The molecule has 0 radical (unpaired) electrons. The molecule has 0 aromatic carbocycles. The third-order valence-corrected chi connectivity index (χ3v) is 3.40. The van der Waals surface area contributed by atoms with Crippen LogP contribution >= 0.6 is 0 Å². The predicted octanol–water partition coefficient (Wildman–Crippen LogP) is 2.50. The Hall–Kier alpha value is -1.94. The monoisotopic (exact) mass is 256 g/mol. The Morgan fingerprint density at radius 2 is 2.26 bits per heavy atom. The number of pyridine rings is 2. The lowest BCUT2D eigenvalue weighted by molar-refractivity contribution is 0.107. The number of nitrogens with zero attached hydrogens (tertiary/aromatic N) is 2. The van der Waals surface area contributed by atoms with E-state index in [4.69, 9.17) is 4.74 Å². The van der Waals surface area contributed by atoms with Crippen LogP contribution in [-0.4, -0.2) is 21.7 Å². The molecule has 0 spiro atoms. The molecule has 0 unspecified atom stereocenters. The Bertz CT molecular complexity index is 545. The van der Waals surface area contributed by atoms with Crippen molar-refractivity contribution in [2.75, 3.05) is 6.61 Å². The van der Waals surface area contributed by atoms with Gasteiger partial charge in [-0.2, -0.15) is 0 Å². The van der Waals surface area contributed by atoms with Gasteiger partial charge in [0.15, 0.2) is 0 Å². The molecule has 2 atom stereocenters. The average molecular weight is 256 g/mol. The van der Waals surface area contributed by atoms with Gasteiger partial charge in [0, 0.05) is 12.4 Å². The molecule has 0 bridgehead atoms. The molecule has 2 aromatic heterocycles. The minimum absolute atomic E-state index is 0.234. The smallest absolute Gasteiger partial charge is 0.134 e. The molecule has 1 fully saturated rings. The van der Waals surface area contributed by atoms with E-state index in [-0.39, 0.29) is 5.75 Å². The van der Waals surface area contributed by atoms with Gasteiger partial charge in [0.05, 0.1) is 25.1 Å². The van der Waals surface area contributed by atoms with E-state index >= 15 is 0 Å². The summed E-state index contributed by atoms with van der Waals surface area (Å²) >= 11 is 0. The summed E-state index contributed by atoms with van der Waals surface area (Å²) in [5.41, 5.74) is 2.06. The van der Waals surface area contributed by atoms with E-state index < -0.39 is 0 Å². The van der Waals surface area contributed by atoms with E-state index in [1.807, 2.05) is 24.4 Å². The molecule has 2 aromatic rings. The summed E-state index contributed by atoms with van der Waals surface area (Å²) in [5, 5.41) is 9.40. The zero-order valence-corrected chi connectivity index (χ0v) is 10.6. The molecular formula is C15H16N2O2. The van der Waals surface area contributed by atoms with Gasteiger partial charge in [-0.3, -0.25) is 9.97 Å². The molecule has 4 heteroatoms. The second-order valence-electron chi connectivity index (χ2n) is 4.91. The maximum Gasteiger partial charge on any atom is 0.134 e. The van der Waals surface area contributed by atoms with Gasteiger partial charge >= 0.3 is 0 Å². The summed E-state index contributed by atoms with van der Waals surface area (Å²) in [4.78, 5) is 8.22. The number of hydrogen-bond donors (Lipinski definition) is 1. The Kier molecular flexibility index (Phi) is 3.42. The topological polar surface area (TPSA) is 55.2 Å². The quantitative estimate of drug-likeness (QED) is 0.893. The summed E-state index contributed by atoms with van der Waals surface area (Å²) in [6.07, 6.45) is 6.16. The van der Waals surface area contributed by atoms with E-state index in [0.717, 1.165) is 24.3 Å². The summed E-state index contributed by atoms with van der Waals surface area (Å²) in [6.45, 7) is 1.29. The van der Waals surface area contributed by atoms with Crippen LogP contribution in [0.2, 0.25) is 0 Å². The van der Waals surface area contributed by atoms with Gasteiger partial charge in [-0.15, -0.1) is 0 Å². The fourth-order valence-corrected chi connectivity index (χ4v) is 2.29. The van der Waals surface area contributed by atoms with Crippen molar-refractivity contribution in [2.24, 2.45) is 5.92 Å². The first-order chi connectivity index (χ1) is 9.33. The molecule has 98 valence electrons. The minimum Gasteiger partial charge on any atom is -0.506 e. The highest BCUT2D eigenvalue weighted by Gasteiger charge is 2.38. The van der Waals surface area contributed by atoms with Gasteiger partial charge in [0.1, 0.15) is 5.75 Å². The molecule has 0 aliphatic heterocycles. The molecule has 1 saturated carbocycles. The van der Waals surface area contributed by atoms with Crippen LogP contribution in [0.25, 0.3) is 0 Å². The Balaban J connectivity index is 1.46. The molecule has 0 amide bonds. The first-order valence-electron chi connectivity index (χ1n) is 6.44. The van der Waals surface area contributed by atoms with Crippen molar-refractivity contribution in [3.63, 3.8) is 0 Å². The second-order valence-corrected chi connectivity index (χ2v) is 4.91. The molecule has 19 heavy (non-hydrogen) atoms. The van der Waals surface area contributed by atoms with Gasteiger partial charge < -0.3 is 9.84 Å². The van der Waals surface area contributed by atoms with Crippen molar-refractivity contribution < 1.29 is 9.84 Å². The Morgan fingerprint density at radius 3 is 3.05 bits per heavy atom. The average Bonchev–Trinajstić information content (AvgIpc) is 3.20. The standard InChI is InChI=1S/C15H16N2O2/c18-14-5-11(7-16-8-14)15-6-12(15)9-19-10-13-3-1-2-4-17-13/h1-5,7-8,12,15,18H,6,9-10H2/t12-,15+/m0/s1. The fourth-order valence-electron chi connectivity index (χ4n) is 2.29. The summed E-state index contributed by atoms with van der Waals surface area (Å²) in [6, 6.07) is 7.61. The van der Waals surface area contributed by atoms with Gasteiger partial charge in [0.25, 0.3) is 0 Å². The zero-order chi connectivity index (χ0) is 13.1. The van der Waals surface area contributed by atoms with E-state index in [1.54, 1.807) is 12.3 Å². The third kappa shape index (κ3) is 3.09. The van der Waals surface area contributed by atoms with E-state index in [1.165, 1.54) is 6.20 Å². The second kappa shape index (κ2) is 5.36. The van der Waals surface area contributed by atoms with Gasteiger partial charge in [-0.25, -0.2) is 0 Å². The number of aromatic nitrogens is 2. The van der Waals surface area contributed by atoms with Crippen molar-refractivity contribution in [3.8, 4) is 5.75 Å². The number of rotatable bonds is 5. The fraction of sp³-hybridized carbons (Fsp3) is 0.333. The van der Waals surface area contributed by atoms with Crippen molar-refractivity contribution in [1.29, 1.82) is 0 Å². The molecule has 3 rings (SSSR count). The van der Waals surface area contributed by atoms with Gasteiger partial charge in [-0.05, 0) is 42.0 Å². The van der Waals surface area contributed by atoms with Gasteiger partial charge in [0.2, 0.25) is 0 Å². The first kappa shape index (κ1) is 12.1. The summed E-state index contributed by atoms with van der Waals surface area (Å²) < 4.78 is 5.68. The lowest BCUT2D eigenvalue weighted by Gasteiger charge is -2.03. The van der Waals surface area contributed by atoms with Crippen molar-refractivity contribution in [2.45, 2.75) is 18.9 Å². The molecule has 2 heterocycles. The van der Waals surface area contributed by atoms with Crippen molar-refractivity contribution in [3.05, 3.63) is 54.1 Å². The van der Waals surface area contributed by atoms with Crippen LogP contribution in [0.3, 0.4) is 0 Å². The molecule has 4 nitrogen and oxygen atoms in total. The number of aromatic hydroxyl groups is 1. The SMILES string of the molecule is Oc1cncc([C@H]2C[C@H]2COCc2ccccn2)c1. The van der Waals surface area contributed by atoms with E-state index in [9.17, 15) is 5.11 Å². The predicted molar refractivity (Wildman–Crippen MR) is 70.6 cm³/mol. The molecule has 0 saturated heterocycles. The van der Waals surface area contributed by atoms with E-state index in [2.05, 4.69) is 9.97 Å². The Morgan fingerprint density at radius 1 is 1.32 bits per heavy atom. The van der Waals surface area contributed by atoms with Crippen LogP contribution in [0, 0.1) is 5.92 Å². The maximum absolute atomic E-state index is 9.40. The lowest BCUT2D eigenvalue weighted by Crippen LogP contribution is -2.00. The zero-order valence-electron chi connectivity index (χ0n) is 10.6. The van der Waals surface area contributed by atoms with Crippen LogP contribution < -0.4 is 0 Å². The Labute approximate surface area is 112 Å². The number of hydrogen-bond acceptors (Lipinski definition) is 4. The third-order valence-electron chi connectivity index (χ3n) is 3.40. The molecule has 1 aliphatic rings. The van der Waals surface area contributed by atoms with Crippen LogP contribution in [0.1, 0.15) is 23.6 Å². The molecule has 1 aliphatic carbocycles. The van der Waals surface area contributed by atoms with Crippen LogP contribution in [0.4, 0.5) is 0 Å². The van der Waals surface area contributed by atoms with E-state index in [0.29, 0.717) is 18.4 Å². The van der Waals surface area contributed by atoms with Crippen LogP contribution in [0.5, 0.6) is 5.75 Å². The van der Waals surface area contributed by atoms with Crippen molar-refractivity contribution >= 4 is 0 Å². The lowest BCUT2D eigenvalue weighted by atomic mass is 10.1. The first-order valence-corrected chi connectivity index (χ1v) is 6.44.